The van der Waals surface area contributed by atoms with E-state index in [1.165, 1.54) is 31.2 Å². The molecule has 116 valence electrons. The Hall–Kier alpha value is -1.42. The van der Waals surface area contributed by atoms with Gasteiger partial charge in [-0.15, -0.1) is 0 Å². The summed E-state index contributed by atoms with van der Waals surface area (Å²) in [5.41, 5.74) is 1.18. The number of hydrogen-bond donors (Lipinski definition) is 1. The molecule has 1 N–H and O–H groups in total. The van der Waals surface area contributed by atoms with E-state index in [1.807, 2.05) is 6.07 Å². The average molecular weight is 291 g/mol. The SMILES string of the molecule is COc1cc(CNC(C)C2CCCC2)cc2c1OCCO2. The smallest absolute Gasteiger partial charge is 0.203 e. The minimum Gasteiger partial charge on any atom is -0.493 e. The first-order chi connectivity index (χ1) is 10.3. The fourth-order valence-electron chi connectivity index (χ4n) is 3.33. The molecule has 0 aromatic heterocycles. The van der Waals surface area contributed by atoms with Crippen molar-refractivity contribution in [3.05, 3.63) is 17.7 Å². The second kappa shape index (κ2) is 6.56. The molecule has 0 bridgehead atoms. The first-order valence-electron chi connectivity index (χ1n) is 7.98. The van der Waals surface area contributed by atoms with Crippen LogP contribution in [0.15, 0.2) is 12.1 Å². The van der Waals surface area contributed by atoms with Crippen LogP contribution in [0.2, 0.25) is 0 Å². The van der Waals surface area contributed by atoms with Crippen molar-refractivity contribution in [2.24, 2.45) is 5.92 Å². The molecule has 1 aliphatic carbocycles. The third-order valence-electron chi connectivity index (χ3n) is 4.62. The van der Waals surface area contributed by atoms with E-state index in [1.54, 1.807) is 7.11 Å². The quantitative estimate of drug-likeness (QED) is 0.904. The fourth-order valence-corrected chi connectivity index (χ4v) is 3.33. The molecular weight excluding hydrogens is 266 g/mol. The van der Waals surface area contributed by atoms with Crippen LogP contribution in [-0.4, -0.2) is 26.4 Å². The maximum Gasteiger partial charge on any atom is 0.203 e. The van der Waals surface area contributed by atoms with Crippen LogP contribution < -0.4 is 19.5 Å². The Morgan fingerprint density at radius 1 is 1.24 bits per heavy atom. The van der Waals surface area contributed by atoms with E-state index in [0.29, 0.717) is 19.3 Å². The van der Waals surface area contributed by atoms with Crippen molar-refractivity contribution in [2.75, 3.05) is 20.3 Å². The van der Waals surface area contributed by atoms with Crippen LogP contribution in [0.5, 0.6) is 17.2 Å². The molecule has 1 fully saturated rings. The Morgan fingerprint density at radius 2 is 2.00 bits per heavy atom. The van der Waals surface area contributed by atoms with Crippen molar-refractivity contribution in [1.82, 2.24) is 5.32 Å². The normalized spacial score (nSPS) is 19.5. The minimum atomic E-state index is 0.562. The van der Waals surface area contributed by atoms with Gasteiger partial charge in [0.2, 0.25) is 5.75 Å². The second-order valence-corrected chi connectivity index (χ2v) is 6.04. The highest BCUT2D eigenvalue weighted by molar-refractivity contribution is 5.54. The first-order valence-corrected chi connectivity index (χ1v) is 7.98. The standard InChI is InChI=1S/C17H25NO3/c1-12(14-5-3-4-6-14)18-11-13-9-15(19-2)17-16(10-13)20-7-8-21-17/h9-10,12,14,18H,3-8,11H2,1-2H3. The van der Waals surface area contributed by atoms with Crippen molar-refractivity contribution < 1.29 is 14.2 Å². The zero-order valence-corrected chi connectivity index (χ0v) is 13.0. The van der Waals surface area contributed by atoms with Gasteiger partial charge < -0.3 is 19.5 Å². The van der Waals surface area contributed by atoms with Crippen LogP contribution in [0.25, 0.3) is 0 Å². The summed E-state index contributed by atoms with van der Waals surface area (Å²) in [5.74, 6) is 3.11. The van der Waals surface area contributed by atoms with Gasteiger partial charge in [0.25, 0.3) is 0 Å². The number of fused-ring (bicyclic) bond motifs is 1. The average Bonchev–Trinajstić information content (AvgIpc) is 3.06. The number of benzene rings is 1. The Balaban J connectivity index is 1.67. The molecule has 1 aliphatic heterocycles. The van der Waals surface area contributed by atoms with E-state index in [4.69, 9.17) is 14.2 Å². The summed E-state index contributed by atoms with van der Waals surface area (Å²) in [6.07, 6.45) is 5.49. The van der Waals surface area contributed by atoms with E-state index in [9.17, 15) is 0 Å². The molecule has 1 saturated carbocycles. The molecule has 1 unspecified atom stereocenters. The highest BCUT2D eigenvalue weighted by Crippen LogP contribution is 2.40. The van der Waals surface area contributed by atoms with Gasteiger partial charge in [0.15, 0.2) is 11.5 Å². The number of ether oxygens (including phenoxy) is 3. The largest absolute Gasteiger partial charge is 0.493 e. The zero-order chi connectivity index (χ0) is 14.7. The van der Waals surface area contributed by atoms with E-state index in [0.717, 1.165) is 29.7 Å². The fraction of sp³-hybridized carbons (Fsp3) is 0.647. The van der Waals surface area contributed by atoms with Gasteiger partial charge in [0.05, 0.1) is 7.11 Å². The first kappa shape index (κ1) is 14.5. The molecule has 4 heteroatoms. The third-order valence-corrected chi connectivity index (χ3v) is 4.62. The molecule has 0 amide bonds. The van der Waals surface area contributed by atoms with Crippen molar-refractivity contribution in [1.29, 1.82) is 0 Å². The van der Waals surface area contributed by atoms with Gasteiger partial charge in [-0.3, -0.25) is 0 Å². The van der Waals surface area contributed by atoms with Crippen molar-refractivity contribution >= 4 is 0 Å². The Labute approximate surface area is 126 Å². The molecule has 1 heterocycles. The lowest BCUT2D eigenvalue weighted by Crippen LogP contribution is -2.31. The van der Waals surface area contributed by atoms with Gasteiger partial charge in [-0.2, -0.15) is 0 Å². The highest BCUT2D eigenvalue weighted by atomic mass is 16.6. The van der Waals surface area contributed by atoms with E-state index in [2.05, 4.69) is 18.3 Å². The van der Waals surface area contributed by atoms with E-state index >= 15 is 0 Å². The zero-order valence-electron chi connectivity index (χ0n) is 13.0. The summed E-state index contributed by atoms with van der Waals surface area (Å²) in [7, 11) is 1.67. The molecule has 21 heavy (non-hydrogen) atoms. The summed E-state index contributed by atoms with van der Waals surface area (Å²) in [4.78, 5) is 0. The van der Waals surface area contributed by atoms with Crippen LogP contribution in [-0.2, 0) is 6.54 Å². The predicted molar refractivity (Wildman–Crippen MR) is 82.2 cm³/mol. The number of nitrogens with one attached hydrogen (secondary N) is 1. The minimum absolute atomic E-state index is 0.562. The van der Waals surface area contributed by atoms with Crippen molar-refractivity contribution in [2.45, 2.75) is 45.2 Å². The van der Waals surface area contributed by atoms with Gasteiger partial charge >= 0.3 is 0 Å². The topological polar surface area (TPSA) is 39.7 Å². The molecule has 0 spiro atoms. The lowest BCUT2D eigenvalue weighted by atomic mass is 9.99. The van der Waals surface area contributed by atoms with Crippen LogP contribution in [0.4, 0.5) is 0 Å². The van der Waals surface area contributed by atoms with Crippen molar-refractivity contribution in [3.63, 3.8) is 0 Å². The summed E-state index contributed by atoms with van der Waals surface area (Å²) in [5, 5.41) is 3.65. The third kappa shape index (κ3) is 3.26. The molecule has 2 aliphatic rings. The van der Waals surface area contributed by atoms with Gasteiger partial charge in [-0.1, -0.05) is 12.8 Å². The number of methoxy groups -OCH3 is 1. The highest BCUT2D eigenvalue weighted by Gasteiger charge is 2.22. The van der Waals surface area contributed by atoms with Gasteiger partial charge in [0.1, 0.15) is 13.2 Å². The maximum atomic E-state index is 5.68. The Kier molecular flexibility index (Phi) is 4.54. The van der Waals surface area contributed by atoms with Crippen molar-refractivity contribution in [3.8, 4) is 17.2 Å². The molecular formula is C17H25NO3. The molecule has 4 nitrogen and oxygen atoms in total. The molecule has 1 atom stereocenters. The Bertz CT molecular complexity index is 466. The lowest BCUT2D eigenvalue weighted by Gasteiger charge is -2.23. The summed E-state index contributed by atoms with van der Waals surface area (Å²) in [6.45, 7) is 4.32. The van der Waals surface area contributed by atoms with E-state index < -0.39 is 0 Å². The van der Waals surface area contributed by atoms with Crippen LogP contribution >= 0.6 is 0 Å². The van der Waals surface area contributed by atoms with Crippen LogP contribution in [0.3, 0.4) is 0 Å². The van der Waals surface area contributed by atoms with Gasteiger partial charge in [0, 0.05) is 12.6 Å². The monoisotopic (exact) mass is 291 g/mol. The van der Waals surface area contributed by atoms with Crippen LogP contribution in [0, 0.1) is 5.92 Å². The maximum absolute atomic E-state index is 5.68. The number of hydrogen-bond acceptors (Lipinski definition) is 4. The molecule has 3 rings (SSSR count). The molecule has 1 aromatic carbocycles. The van der Waals surface area contributed by atoms with Gasteiger partial charge in [-0.05, 0) is 43.4 Å². The summed E-state index contributed by atoms with van der Waals surface area (Å²) >= 11 is 0. The van der Waals surface area contributed by atoms with E-state index in [-0.39, 0.29) is 0 Å². The molecule has 1 aromatic rings. The van der Waals surface area contributed by atoms with Gasteiger partial charge in [-0.25, -0.2) is 0 Å². The predicted octanol–water partition coefficient (Wildman–Crippen LogP) is 3.13. The summed E-state index contributed by atoms with van der Waals surface area (Å²) < 4.78 is 16.7. The molecule has 0 saturated heterocycles. The molecule has 0 radical (unpaired) electrons. The van der Waals surface area contributed by atoms with Crippen LogP contribution in [0.1, 0.15) is 38.2 Å². The number of rotatable bonds is 5. The second-order valence-electron chi connectivity index (χ2n) is 6.04. The lowest BCUT2D eigenvalue weighted by molar-refractivity contribution is 0.165. The summed E-state index contributed by atoms with van der Waals surface area (Å²) in [6, 6.07) is 4.67. The Morgan fingerprint density at radius 3 is 2.76 bits per heavy atom.